The summed E-state index contributed by atoms with van der Waals surface area (Å²) in [7, 11) is 1.53. The maximum absolute atomic E-state index is 10.9. The standard InChI is InChI=1S/C11H10O3/c1-7-5-8-3-4-10(13-2)9(6-12)11(8)14-7/h3-6H,1-2H3. The summed E-state index contributed by atoms with van der Waals surface area (Å²) >= 11 is 0. The largest absolute Gasteiger partial charge is 0.496 e. The van der Waals surface area contributed by atoms with Crippen molar-refractivity contribution in [3.05, 3.63) is 29.5 Å². The van der Waals surface area contributed by atoms with E-state index in [-0.39, 0.29) is 0 Å². The van der Waals surface area contributed by atoms with Crippen molar-refractivity contribution >= 4 is 17.3 Å². The Balaban J connectivity index is 2.82. The minimum absolute atomic E-state index is 0.470. The van der Waals surface area contributed by atoms with Crippen LogP contribution in [0.25, 0.3) is 11.0 Å². The molecular formula is C11H10O3. The summed E-state index contributed by atoms with van der Waals surface area (Å²) < 4.78 is 10.5. The lowest BCUT2D eigenvalue weighted by Crippen LogP contribution is -1.90. The average Bonchev–Trinajstić information content (AvgIpc) is 2.56. The molecule has 14 heavy (non-hydrogen) atoms. The fraction of sp³-hybridized carbons (Fsp3) is 0.182. The molecule has 0 radical (unpaired) electrons. The van der Waals surface area contributed by atoms with Gasteiger partial charge in [-0.3, -0.25) is 4.79 Å². The second kappa shape index (κ2) is 3.18. The van der Waals surface area contributed by atoms with Gasteiger partial charge in [0.05, 0.1) is 12.7 Å². The Kier molecular flexibility index (Phi) is 2.00. The van der Waals surface area contributed by atoms with E-state index < -0.39 is 0 Å². The molecule has 0 aliphatic carbocycles. The molecule has 1 aromatic carbocycles. The molecule has 0 atom stereocenters. The molecule has 3 heteroatoms. The van der Waals surface area contributed by atoms with Gasteiger partial charge in [0, 0.05) is 5.39 Å². The van der Waals surface area contributed by atoms with Crippen LogP contribution in [0.3, 0.4) is 0 Å². The molecule has 72 valence electrons. The SMILES string of the molecule is COc1ccc2cc(C)oc2c1C=O. The van der Waals surface area contributed by atoms with Crippen molar-refractivity contribution in [3.8, 4) is 5.75 Å². The topological polar surface area (TPSA) is 39.4 Å². The Bertz CT molecular complexity index is 482. The fourth-order valence-electron chi connectivity index (χ4n) is 1.52. The highest BCUT2D eigenvalue weighted by Crippen LogP contribution is 2.28. The summed E-state index contributed by atoms with van der Waals surface area (Å²) in [4.78, 5) is 10.9. The number of ether oxygens (including phenoxy) is 1. The molecule has 0 N–H and O–H groups in total. The Morgan fingerprint density at radius 1 is 1.43 bits per heavy atom. The summed E-state index contributed by atoms with van der Waals surface area (Å²) in [5, 5.41) is 0.922. The van der Waals surface area contributed by atoms with Crippen LogP contribution >= 0.6 is 0 Å². The van der Waals surface area contributed by atoms with E-state index in [0.717, 1.165) is 17.4 Å². The third-order valence-corrected chi connectivity index (χ3v) is 2.15. The Hall–Kier alpha value is -1.77. The third kappa shape index (κ3) is 1.18. The van der Waals surface area contributed by atoms with Crippen LogP contribution in [0, 0.1) is 6.92 Å². The third-order valence-electron chi connectivity index (χ3n) is 2.15. The van der Waals surface area contributed by atoms with Crippen LogP contribution in [0.15, 0.2) is 22.6 Å². The monoisotopic (exact) mass is 190 g/mol. The molecule has 0 saturated carbocycles. The van der Waals surface area contributed by atoms with Gasteiger partial charge in [-0.2, -0.15) is 0 Å². The second-order valence-corrected chi connectivity index (χ2v) is 3.07. The molecule has 2 rings (SSSR count). The lowest BCUT2D eigenvalue weighted by Gasteiger charge is -2.02. The number of furan rings is 1. The molecule has 0 aliphatic rings. The van der Waals surface area contributed by atoms with Gasteiger partial charge >= 0.3 is 0 Å². The molecule has 0 unspecified atom stereocenters. The quantitative estimate of drug-likeness (QED) is 0.683. The van der Waals surface area contributed by atoms with Crippen molar-refractivity contribution in [2.75, 3.05) is 7.11 Å². The van der Waals surface area contributed by atoms with Gasteiger partial charge in [0.15, 0.2) is 6.29 Å². The van der Waals surface area contributed by atoms with E-state index in [1.807, 2.05) is 19.1 Å². The zero-order valence-electron chi connectivity index (χ0n) is 8.03. The van der Waals surface area contributed by atoms with Gasteiger partial charge < -0.3 is 9.15 Å². The number of aryl methyl sites for hydroxylation is 1. The molecular weight excluding hydrogens is 180 g/mol. The van der Waals surface area contributed by atoms with E-state index in [9.17, 15) is 4.79 Å². The van der Waals surface area contributed by atoms with Crippen molar-refractivity contribution in [3.63, 3.8) is 0 Å². The van der Waals surface area contributed by atoms with Crippen molar-refractivity contribution in [1.29, 1.82) is 0 Å². The van der Waals surface area contributed by atoms with Crippen LogP contribution in [-0.2, 0) is 0 Å². The minimum atomic E-state index is 0.470. The maximum atomic E-state index is 10.9. The summed E-state index contributed by atoms with van der Waals surface area (Å²) in [6, 6.07) is 5.53. The number of hydrogen-bond acceptors (Lipinski definition) is 3. The molecule has 0 spiro atoms. The molecule has 1 heterocycles. The predicted octanol–water partition coefficient (Wildman–Crippen LogP) is 2.56. The number of carbonyl (C=O) groups excluding carboxylic acids is 1. The van der Waals surface area contributed by atoms with E-state index in [1.54, 1.807) is 6.07 Å². The van der Waals surface area contributed by atoms with Crippen LogP contribution in [0.2, 0.25) is 0 Å². The van der Waals surface area contributed by atoms with Gasteiger partial charge in [-0.1, -0.05) is 0 Å². The minimum Gasteiger partial charge on any atom is -0.496 e. The Morgan fingerprint density at radius 3 is 2.86 bits per heavy atom. The first-order chi connectivity index (χ1) is 6.76. The average molecular weight is 190 g/mol. The Labute approximate surface area is 81.3 Å². The highest BCUT2D eigenvalue weighted by atomic mass is 16.5. The van der Waals surface area contributed by atoms with Gasteiger partial charge in [0.2, 0.25) is 0 Å². The van der Waals surface area contributed by atoms with Gasteiger partial charge in [-0.15, -0.1) is 0 Å². The van der Waals surface area contributed by atoms with E-state index >= 15 is 0 Å². The fourth-order valence-corrected chi connectivity index (χ4v) is 1.52. The van der Waals surface area contributed by atoms with Crippen LogP contribution in [0.5, 0.6) is 5.75 Å². The van der Waals surface area contributed by atoms with Crippen LogP contribution in [0.4, 0.5) is 0 Å². The zero-order valence-corrected chi connectivity index (χ0v) is 8.03. The number of fused-ring (bicyclic) bond motifs is 1. The first-order valence-corrected chi connectivity index (χ1v) is 4.28. The number of carbonyl (C=O) groups is 1. The lowest BCUT2D eigenvalue weighted by atomic mass is 10.1. The Morgan fingerprint density at radius 2 is 2.21 bits per heavy atom. The molecule has 0 saturated heterocycles. The van der Waals surface area contributed by atoms with Crippen molar-refractivity contribution in [1.82, 2.24) is 0 Å². The normalized spacial score (nSPS) is 10.4. The molecule has 2 aromatic rings. The van der Waals surface area contributed by atoms with Crippen LogP contribution in [0.1, 0.15) is 16.1 Å². The lowest BCUT2D eigenvalue weighted by molar-refractivity contribution is 0.112. The molecule has 0 bridgehead atoms. The number of benzene rings is 1. The van der Waals surface area contributed by atoms with E-state index in [4.69, 9.17) is 9.15 Å². The first kappa shape index (κ1) is 8.81. The number of rotatable bonds is 2. The van der Waals surface area contributed by atoms with E-state index in [1.165, 1.54) is 7.11 Å². The molecule has 3 nitrogen and oxygen atoms in total. The van der Waals surface area contributed by atoms with E-state index in [0.29, 0.717) is 16.9 Å². The first-order valence-electron chi connectivity index (χ1n) is 4.28. The summed E-state index contributed by atoms with van der Waals surface area (Å²) in [5.41, 5.74) is 1.06. The van der Waals surface area contributed by atoms with Gasteiger partial charge in [0.25, 0.3) is 0 Å². The number of hydrogen-bond donors (Lipinski definition) is 0. The zero-order chi connectivity index (χ0) is 10.1. The van der Waals surface area contributed by atoms with Crippen molar-refractivity contribution in [2.24, 2.45) is 0 Å². The predicted molar refractivity (Wildman–Crippen MR) is 52.9 cm³/mol. The van der Waals surface area contributed by atoms with Crippen LogP contribution in [-0.4, -0.2) is 13.4 Å². The molecule has 0 fully saturated rings. The highest BCUT2D eigenvalue weighted by molar-refractivity contribution is 5.97. The van der Waals surface area contributed by atoms with Gasteiger partial charge in [-0.05, 0) is 25.1 Å². The summed E-state index contributed by atoms with van der Waals surface area (Å²) in [6.07, 6.45) is 0.754. The summed E-state index contributed by atoms with van der Waals surface area (Å²) in [5.74, 6) is 1.33. The maximum Gasteiger partial charge on any atom is 0.157 e. The second-order valence-electron chi connectivity index (χ2n) is 3.07. The van der Waals surface area contributed by atoms with Gasteiger partial charge in [-0.25, -0.2) is 0 Å². The highest BCUT2D eigenvalue weighted by Gasteiger charge is 2.10. The van der Waals surface area contributed by atoms with E-state index in [2.05, 4.69) is 0 Å². The molecule has 1 aromatic heterocycles. The van der Waals surface area contributed by atoms with Gasteiger partial charge in [0.1, 0.15) is 17.1 Å². The van der Waals surface area contributed by atoms with Crippen LogP contribution < -0.4 is 4.74 Å². The van der Waals surface area contributed by atoms with Crippen molar-refractivity contribution in [2.45, 2.75) is 6.92 Å². The molecule has 0 aliphatic heterocycles. The smallest absolute Gasteiger partial charge is 0.157 e. The summed E-state index contributed by atoms with van der Waals surface area (Å²) in [6.45, 7) is 1.85. The number of aldehydes is 1. The number of methoxy groups -OCH3 is 1. The molecule has 0 amide bonds. The van der Waals surface area contributed by atoms with Crippen molar-refractivity contribution < 1.29 is 13.9 Å².